The van der Waals surface area contributed by atoms with Gasteiger partial charge in [-0.25, -0.2) is 4.79 Å². The monoisotopic (exact) mass is 282 g/mol. The minimum Gasteiger partial charge on any atom is -0.481 e. The first-order valence-electron chi connectivity index (χ1n) is 5.85. The maximum atomic E-state index is 10.4. The average molecular weight is 282 g/mol. The summed E-state index contributed by atoms with van der Waals surface area (Å²) in [5.41, 5.74) is 0. The second kappa shape index (κ2) is 14.8. The lowest BCUT2D eigenvalue weighted by Crippen LogP contribution is -2.27. The molecule has 0 radical (unpaired) electrons. The van der Waals surface area contributed by atoms with Gasteiger partial charge in [0.05, 0.1) is 32.8 Å². The minimum atomic E-state index is -1.23. The molecule has 0 saturated heterocycles. The van der Waals surface area contributed by atoms with Gasteiger partial charge in [0.15, 0.2) is 6.10 Å². The van der Waals surface area contributed by atoms with Crippen molar-refractivity contribution in [2.24, 2.45) is 0 Å². The Balaban J connectivity index is 0. The Bertz CT molecular complexity index is 227. The minimum absolute atomic E-state index is 0.0278. The molecule has 1 atom stereocenters. The largest absolute Gasteiger partial charge is 0.481 e. The molecule has 0 aromatic rings. The first-order chi connectivity index (χ1) is 8.99. The summed E-state index contributed by atoms with van der Waals surface area (Å²) in [5, 5.41) is 32.9. The van der Waals surface area contributed by atoms with E-state index in [-0.39, 0.29) is 19.8 Å². The second-order valence-electron chi connectivity index (χ2n) is 3.36. The molecule has 0 aliphatic heterocycles. The highest BCUT2D eigenvalue weighted by Gasteiger charge is 2.20. The molecular weight excluding hydrogens is 260 g/mol. The van der Waals surface area contributed by atoms with Gasteiger partial charge in [-0.2, -0.15) is 0 Å². The van der Waals surface area contributed by atoms with E-state index in [4.69, 9.17) is 25.2 Å². The molecule has 0 spiro atoms. The Morgan fingerprint density at radius 2 is 1.58 bits per heavy atom. The summed E-state index contributed by atoms with van der Waals surface area (Å²) in [5.74, 6) is -2.40. The van der Waals surface area contributed by atoms with Crippen LogP contribution in [0.15, 0.2) is 0 Å². The summed E-state index contributed by atoms with van der Waals surface area (Å²) in [6.07, 6.45) is -1.04. The van der Waals surface area contributed by atoms with E-state index in [1.807, 2.05) is 6.92 Å². The summed E-state index contributed by atoms with van der Waals surface area (Å²) in [6.45, 7) is 2.78. The van der Waals surface area contributed by atoms with Gasteiger partial charge in [0.25, 0.3) is 0 Å². The maximum Gasteiger partial charge on any atom is 0.333 e. The number of carbonyl (C=O) groups is 2. The number of carboxylic acids is 2. The Morgan fingerprint density at radius 3 is 1.89 bits per heavy atom. The van der Waals surface area contributed by atoms with Crippen molar-refractivity contribution in [2.45, 2.75) is 25.9 Å². The van der Waals surface area contributed by atoms with Crippen molar-refractivity contribution in [2.75, 3.05) is 33.0 Å². The van der Waals surface area contributed by atoms with Crippen LogP contribution < -0.4 is 0 Å². The normalized spacial score (nSPS) is 11.3. The fraction of sp³-hybridized carbons (Fsp3) is 0.818. The molecular formula is C11H22O8. The summed E-state index contributed by atoms with van der Waals surface area (Å²) < 4.78 is 9.42. The topological polar surface area (TPSA) is 134 Å². The van der Waals surface area contributed by atoms with Crippen molar-refractivity contribution in [3.63, 3.8) is 0 Å². The van der Waals surface area contributed by atoms with Gasteiger partial charge < -0.3 is 29.9 Å². The molecule has 0 bridgehead atoms. The van der Waals surface area contributed by atoms with Crippen LogP contribution >= 0.6 is 0 Å². The van der Waals surface area contributed by atoms with Gasteiger partial charge >= 0.3 is 11.9 Å². The van der Waals surface area contributed by atoms with E-state index in [1.165, 1.54) is 0 Å². The van der Waals surface area contributed by atoms with Gasteiger partial charge in [0.1, 0.15) is 0 Å². The number of hydrogen-bond acceptors (Lipinski definition) is 6. The van der Waals surface area contributed by atoms with E-state index in [0.29, 0.717) is 19.6 Å². The molecule has 0 aromatic heterocycles. The standard InChI is InChI=1S/C7H12O5.C4H10O3/c1-2-3-12-5(7(10)11)4-6(8)9;5-1-3-7-4-2-6/h5H,2-4H2,1H3,(H,8,9)(H,10,11);5-6H,1-4H2. The molecule has 114 valence electrons. The van der Waals surface area contributed by atoms with E-state index in [0.717, 1.165) is 0 Å². The maximum absolute atomic E-state index is 10.4. The molecule has 4 N–H and O–H groups in total. The molecule has 0 fully saturated rings. The Labute approximate surface area is 111 Å². The molecule has 0 saturated carbocycles. The quantitative estimate of drug-likeness (QED) is 0.388. The van der Waals surface area contributed by atoms with E-state index in [1.54, 1.807) is 0 Å². The van der Waals surface area contributed by atoms with Crippen molar-refractivity contribution in [3.8, 4) is 0 Å². The van der Waals surface area contributed by atoms with Crippen LogP contribution in [0.2, 0.25) is 0 Å². The van der Waals surface area contributed by atoms with Crippen molar-refractivity contribution >= 4 is 11.9 Å². The predicted molar refractivity (Wildman–Crippen MR) is 64.9 cm³/mol. The highest BCUT2D eigenvalue weighted by molar-refractivity contribution is 5.79. The van der Waals surface area contributed by atoms with E-state index in [9.17, 15) is 9.59 Å². The van der Waals surface area contributed by atoms with Crippen LogP contribution in [0.3, 0.4) is 0 Å². The number of carboxylic acid groups (broad SMARTS) is 2. The number of aliphatic hydroxyl groups excluding tert-OH is 2. The molecule has 8 heteroatoms. The number of hydrogen-bond donors (Lipinski definition) is 4. The van der Waals surface area contributed by atoms with Gasteiger partial charge in [-0.05, 0) is 6.42 Å². The molecule has 0 aromatic carbocycles. The molecule has 0 aliphatic rings. The van der Waals surface area contributed by atoms with Crippen LogP contribution in [-0.4, -0.2) is 71.5 Å². The van der Waals surface area contributed by atoms with Gasteiger partial charge in [0.2, 0.25) is 0 Å². The van der Waals surface area contributed by atoms with Gasteiger partial charge in [0, 0.05) is 6.61 Å². The van der Waals surface area contributed by atoms with Crippen LogP contribution in [0.4, 0.5) is 0 Å². The molecule has 1 unspecified atom stereocenters. The summed E-state index contributed by atoms with van der Waals surface area (Å²) in [4.78, 5) is 20.5. The van der Waals surface area contributed by atoms with Crippen molar-refractivity contribution in [3.05, 3.63) is 0 Å². The number of ether oxygens (including phenoxy) is 2. The third-order valence-corrected chi connectivity index (χ3v) is 1.63. The molecule has 0 aliphatic carbocycles. The predicted octanol–water partition coefficient (Wildman–Crippen LogP) is -0.671. The average Bonchev–Trinajstić information content (AvgIpc) is 2.35. The highest BCUT2D eigenvalue weighted by Crippen LogP contribution is 1.99. The van der Waals surface area contributed by atoms with Gasteiger partial charge in [-0.15, -0.1) is 0 Å². The van der Waals surface area contributed by atoms with Crippen LogP contribution in [-0.2, 0) is 19.1 Å². The zero-order chi connectivity index (χ0) is 15.1. The van der Waals surface area contributed by atoms with E-state index < -0.39 is 24.5 Å². The fourth-order valence-corrected chi connectivity index (χ4v) is 0.867. The van der Waals surface area contributed by atoms with Gasteiger partial charge in [-0.3, -0.25) is 4.79 Å². The lowest BCUT2D eigenvalue weighted by Gasteiger charge is -2.09. The molecule has 19 heavy (non-hydrogen) atoms. The van der Waals surface area contributed by atoms with Crippen LogP contribution in [0.25, 0.3) is 0 Å². The van der Waals surface area contributed by atoms with Crippen LogP contribution in [0.1, 0.15) is 19.8 Å². The second-order valence-corrected chi connectivity index (χ2v) is 3.36. The van der Waals surface area contributed by atoms with Crippen molar-refractivity contribution in [1.29, 1.82) is 0 Å². The zero-order valence-corrected chi connectivity index (χ0v) is 10.9. The zero-order valence-electron chi connectivity index (χ0n) is 10.9. The van der Waals surface area contributed by atoms with Crippen LogP contribution in [0.5, 0.6) is 0 Å². The SMILES string of the molecule is CCCOC(CC(=O)O)C(=O)O.OCCOCCO. The van der Waals surface area contributed by atoms with Gasteiger partial charge in [-0.1, -0.05) is 6.92 Å². The molecule has 0 heterocycles. The summed E-state index contributed by atoms with van der Waals surface area (Å²) in [7, 11) is 0. The fourth-order valence-electron chi connectivity index (χ4n) is 0.867. The first kappa shape index (κ1) is 20.1. The third-order valence-electron chi connectivity index (χ3n) is 1.63. The molecule has 0 amide bonds. The van der Waals surface area contributed by atoms with Crippen LogP contribution in [0, 0.1) is 0 Å². The number of aliphatic carboxylic acids is 2. The first-order valence-corrected chi connectivity index (χ1v) is 5.85. The number of rotatable bonds is 10. The number of aliphatic hydroxyl groups is 2. The lowest BCUT2D eigenvalue weighted by molar-refractivity contribution is -0.156. The molecule has 8 nitrogen and oxygen atoms in total. The Morgan fingerprint density at radius 1 is 1.05 bits per heavy atom. The Kier molecular flexibility index (Phi) is 15.7. The highest BCUT2D eigenvalue weighted by atomic mass is 16.5. The Hall–Kier alpha value is -1.22. The molecule has 0 rings (SSSR count). The third kappa shape index (κ3) is 16.8. The van der Waals surface area contributed by atoms with Crippen molar-refractivity contribution in [1.82, 2.24) is 0 Å². The van der Waals surface area contributed by atoms with E-state index >= 15 is 0 Å². The smallest absolute Gasteiger partial charge is 0.333 e. The van der Waals surface area contributed by atoms with E-state index in [2.05, 4.69) is 4.74 Å². The van der Waals surface area contributed by atoms with Crippen molar-refractivity contribution < 1.29 is 39.5 Å². The lowest BCUT2D eigenvalue weighted by atomic mass is 10.2. The summed E-state index contributed by atoms with van der Waals surface area (Å²) >= 11 is 0. The summed E-state index contributed by atoms with van der Waals surface area (Å²) in [6, 6.07) is 0.